The van der Waals surface area contributed by atoms with E-state index in [1.165, 1.54) is 0 Å². The molecule has 16 heteroatoms. The summed E-state index contributed by atoms with van der Waals surface area (Å²) in [5.41, 5.74) is 5.38. The summed E-state index contributed by atoms with van der Waals surface area (Å²) in [4.78, 5) is 32.1. The second kappa shape index (κ2) is 16.7. The van der Waals surface area contributed by atoms with Crippen LogP contribution in [0, 0.1) is 0 Å². The number of thiol groups is 1. The van der Waals surface area contributed by atoms with E-state index in [2.05, 4.69) is 17.9 Å². The maximum absolute atomic E-state index is 11.3. The van der Waals surface area contributed by atoms with Crippen molar-refractivity contribution in [2.45, 2.75) is 24.9 Å². The van der Waals surface area contributed by atoms with Gasteiger partial charge >= 0.3 is 11.9 Å². The molecular weight excluding hydrogens is 396 g/mol. The summed E-state index contributed by atoms with van der Waals surface area (Å²) in [6.07, 6.45) is -0.284. The Morgan fingerprint density at radius 2 is 1.42 bits per heavy atom. The van der Waals surface area contributed by atoms with Crippen molar-refractivity contribution in [2.75, 3.05) is 5.75 Å². The predicted molar refractivity (Wildman–Crippen MR) is 85.1 cm³/mol. The molecule has 0 radical (unpaired) electrons. The molecule has 0 aliphatic rings. The number of carbonyl (C=O) groups is 3. The van der Waals surface area contributed by atoms with E-state index in [4.69, 9.17) is 42.6 Å². The van der Waals surface area contributed by atoms with Gasteiger partial charge < -0.3 is 21.3 Å². The molecule has 0 bridgehead atoms. The van der Waals surface area contributed by atoms with E-state index in [-0.39, 0.29) is 18.6 Å². The first kappa shape index (κ1) is 27.7. The number of carbonyl (C=O) groups excluding carboxylic acids is 1. The second-order valence-corrected chi connectivity index (χ2v) is 4.87. The number of hydrogen-bond donors (Lipinski definition) is 9. The monoisotopic (exact) mass is 414 g/mol. The van der Waals surface area contributed by atoms with Crippen molar-refractivity contribution >= 4 is 53.2 Å². The fourth-order valence-electron chi connectivity index (χ4n) is 0.874. The van der Waals surface area contributed by atoms with Crippen molar-refractivity contribution in [1.29, 1.82) is 0 Å². The fraction of sp³-hybridized carbons (Fsp3) is 0.625. The Hall–Kier alpha value is -1.14. The fourth-order valence-corrected chi connectivity index (χ4v) is 1.12. The lowest BCUT2D eigenvalue weighted by atomic mass is 10.1. The Morgan fingerprint density at radius 1 is 1.04 bits per heavy atom. The van der Waals surface area contributed by atoms with Gasteiger partial charge in [-0.05, 0) is 6.42 Å². The number of carboxylic acids is 2. The summed E-state index contributed by atoms with van der Waals surface area (Å²) in [7, 11) is 0. The molecule has 0 fully saturated rings. The zero-order valence-corrected chi connectivity index (χ0v) is 14.4. The largest absolute Gasteiger partial charge is 0.481 e. The maximum atomic E-state index is 11.3. The van der Waals surface area contributed by atoms with Crippen LogP contribution in [0.15, 0.2) is 0 Å². The van der Waals surface area contributed by atoms with Gasteiger partial charge in [0.15, 0.2) is 0 Å². The van der Waals surface area contributed by atoms with Crippen molar-refractivity contribution in [2.24, 2.45) is 5.73 Å². The quantitative estimate of drug-likeness (QED) is 0.163. The minimum atomic E-state index is -2.61. The minimum Gasteiger partial charge on any atom is -0.481 e. The van der Waals surface area contributed by atoms with Crippen LogP contribution in [-0.4, -0.2) is 72.5 Å². The zero-order chi connectivity index (χ0) is 19.9. The van der Waals surface area contributed by atoms with Gasteiger partial charge in [0.1, 0.15) is 6.04 Å². The summed E-state index contributed by atoms with van der Waals surface area (Å²) >= 11 is -1.47. The van der Waals surface area contributed by atoms with E-state index in [1.54, 1.807) is 0 Å². The number of amides is 1. The van der Waals surface area contributed by atoms with Gasteiger partial charge in [0, 0.05) is 12.2 Å². The predicted octanol–water partition coefficient (Wildman–Crippen LogP) is -1.96. The Labute approximate surface area is 146 Å². The second-order valence-electron chi connectivity index (χ2n) is 3.58. The molecule has 24 heavy (non-hydrogen) atoms. The van der Waals surface area contributed by atoms with Crippen LogP contribution in [0.5, 0.6) is 0 Å². The zero-order valence-electron chi connectivity index (χ0n) is 11.8. The standard InChI is InChI=1S/C8H14N2O5S.2H2O3S/c9-4(1-2-6(11)12)7(13)10-5(3-16)8(14)15;2*1-4(2)3/h4-5,16H,1-3,9H2,(H,10,13)(H,11,12)(H,14,15);2*(H2,1,2,3). The third kappa shape index (κ3) is 25.8. The van der Waals surface area contributed by atoms with E-state index in [1.807, 2.05) is 0 Å². The smallest absolute Gasteiger partial charge is 0.327 e. The van der Waals surface area contributed by atoms with Gasteiger partial charge in [-0.15, -0.1) is 0 Å². The van der Waals surface area contributed by atoms with E-state index < -0.39 is 52.7 Å². The van der Waals surface area contributed by atoms with Crippen LogP contribution in [0.1, 0.15) is 12.8 Å². The highest BCUT2D eigenvalue weighted by atomic mass is 32.2. The van der Waals surface area contributed by atoms with E-state index >= 15 is 0 Å². The van der Waals surface area contributed by atoms with Crippen molar-refractivity contribution in [3.05, 3.63) is 0 Å². The minimum absolute atomic E-state index is 0.0416. The van der Waals surface area contributed by atoms with Gasteiger partial charge in [-0.3, -0.25) is 27.8 Å². The first-order valence-electron chi connectivity index (χ1n) is 5.56. The molecule has 9 N–H and O–H groups in total. The molecule has 0 aromatic rings. The summed E-state index contributed by atoms with van der Waals surface area (Å²) in [5, 5.41) is 19.1. The van der Waals surface area contributed by atoms with Gasteiger partial charge in [0.25, 0.3) is 22.7 Å². The molecule has 0 aliphatic heterocycles. The average Bonchev–Trinajstić information content (AvgIpc) is 2.40. The number of aliphatic carboxylic acids is 2. The molecule has 0 saturated heterocycles. The molecule has 0 aromatic heterocycles. The molecule has 0 rings (SSSR count). The first-order valence-corrected chi connectivity index (χ1v) is 8.32. The molecule has 0 spiro atoms. The van der Waals surface area contributed by atoms with Gasteiger partial charge in [-0.2, -0.15) is 21.0 Å². The molecule has 2 unspecified atom stereocenters. The summed E-state index contributed by atoms with van der Waals surface area (Å²) in [6.45, 7) is 0. The van der Waals surface area contributed by atoms with Crippen molar-refractivity contribution in [3.63, 3.8) is 0 Å². The number of rotatable bonds is 7. The highest BCUT2D eigenvalue weighted by Gasteiger charge is 2.22. The normalized spacial score (nSPS) is 12.2. The molecule has 13 nitrogen and oxygen atoms in total. The topological polar surface area (TPSA) is 245 Å². The van der Waals surface area contributed by atoms with Gasteiger partial charge in [-0.25, -0.2) is 4.79 Å². The van der Waals surface area contributed by atoms with Crippen LogP contribution in [-0.2, 0) is 37.1 Å². The van der Waals surface area contributed by atoms with Crippen LogP contribution in [0.4, 0.5) is 0 Å². The van der Waals surface area contributed by atoms with Gasteiger partial charge in [0.05, 0.1) is 6.04 Å². The third-order valence-corrected chi connectivity index (χ3v) is 2.17. The first-order chi connectivity index (χ1) is 10.8. The van der Waals surface area contributed by atoms with Crippen LogP contribution >= 0.6 is 12.6 Å². The molecule has 2 atom stereocenters. The lowest BCUT2D eigenvalue weighted by molar-refractivity contribution is -0.141. The summed E-state index contributed by atoms with van der Waals surface area (Å²) < 4.78 is 45.7. The Bertz CT molecular complexity index is 427. The molecule has 0 saturated carbocycles. The lowest BCUT2D eigenvalue weighted by Gasteiger charge is -2.15. The maximum Gasteiger partial charge on any atom is 0.327 e. The third-order valence-electron chi connectivity index (χ3n) is 1.80. The molecule has 0 heterocycles. The average molecular weight is 414 g/mol. The number of carboxylic acid groups (broad SMARTS) is 2. The van der Waals surface area contributed by atoms with Crippen molar-refractivity contribution in [3.8, 4) is 0 Å². The Morgan fingerprint density at radius 3 is 1.67 bits per heavy atom. The number of nitrogens with two attached hydrogens (primary N) is 1. The van der Waals surface area contributed by atoms with Crippen LogP contribution in [0.25, 0.3) is 0 Å². The highest BCUT2D eigenvalue weighted by molar-refractivity contribution is 7.80. The van der Waals surface area contributed by atoms with Crippen LogP contribution in [0.3, 0.4) is 0 Å². The van der Waals surface area contributed by atoms with E-state index in [0.717, 1.165) is 0 Å². The lowest BCUT2D eigenvalue weighted by Crippen LogP contribution is -2.49. The molecule has 0 aliphatic carbocycles. The Balaban J connectivity index is -0.000000457. The van der Waals surface area contributed by atoms with Crippen LogP contribution < -0.4 is 11.1 Å². The molecule has 1 amide bonds. The SMILES string of the molecule is NC(CCC(=O)O)C(=O)NC(CS)C(=O)O.O=S(O)O.O=S(O)O. The van der Waals surface area contributed by atoms with Crippen molar-refractivity contribution < 1.29 is 51.2 Å². The van der Waals surface area contributed by atoms with Gasteiger partial charge in [-0.1, -0.05) is 0 Å². The number of nitrogens with one attached hydrogen (secondary N) is 1. The summed E-state index contributed by atoms with van der Waals surface area (Å²) in [6, 6.07) is -2.15. The molecular formula is C8H18N2O11S3. The highest BCUT2D eigenvalue weighted by Crippen LogP contribution is 1.96. The van der Waals surface area contributed by atoms with Gasteiger partial charge in [0.2, 0.25) is 5.91 Å². The summed E-state index contributed by atoms with van der Waals surface area (Å²) in [5.74, 6) is -3.03. The molecule has 0 aromatic carbocycles. The van der Waals surface area contributed by atoms with Crippen molar-refractivity contribution in [1.82, 2.24) is 5.32 Å². The van der Waals surface area contributed by atoms with E-state index in [9.17, 15) is 14.4 Å². The van der Waals surface area contributed by atoms with E-state index in [0.29, 0.717) is 0 Å². The number of hydrogen-bond acceptors (Lipinski definition) is 7. The van der Waals surface area contributed by atoms with Crippen LogP contribution in [0.2, 0.25) is 0 Å². The molecule has 144 valence electrons. The Kier molecular flexibility index (Phi) is 19.3.